The van der Waals surface area contributed by atoms with Crippen LogP contribution in [0.15, 0.2) is 48.5 Å². The second kappa shape index (κ2) is 6.55. The molecule has 122 valence electrons. The first-order valence-corrected chi connectivity index (χ1v) is 7.69. The van der Waals surface area contributed by atoms with Crippen molar-refractivity contribution in [3.8, 4) is 22.7 Å². The third-order valence-corrected chi connectivity index (χ3v) is 4.02. The molecule has 3 aromatic rings. The number of aromatic nitrogens is 2. The summed E-state index contributed by atoms with van der Waals surface area (Å²) < 4.78 is 6.79. The molecular formula is C17H12Cl2N2O3. The van der Waals surface area contributed by atoms with Crippen molar-refractivity contribution in [1.82, 2.24) is 9.78 Å². The molecule has 0 saturated carbocycles. The summed E-state index contributed by atoms with van der Waals surface area (Å²) in [7, 11) is 1.40. The summed E-state index contributed by atoms with van der Waals surface area (Å²) in [6.07, 6.45) is 0. The van der Waals surface area contributed by atoms with Crippen LogP contribution >= 0.6 is 23.2 Å². The lowest BCUT2D eigenvalue weighted by molar-refractivity contribution is 0.0686. The van der Waals surface area contributed by atoms with Gasteiger partial charge in [0.2, 0.25) is 5.69 Å². The maximum Gasteiger partial charge on any atom is 0.360 e. The van der Waals surface area contributed by atoms with Gasteiger partial charge in [-0.2, -0.15) is 5.10 Å². The average molecular weight is 363 g/mol. The van der Waals surface area contributed by atoms with E-state index in [0.717, 1.165) is 0 Å². The number of hydrogen-bond acceptors (Lipinski definition) is 3. The third kappa shape index (κ3) is 2.84. The molecule has 7 heteroatoms. The summed E-state index contributed by atoms with van der Waals surface area (Å²) in [5.74, 6) is -1.03. The van der Waals surface area contributed by atoms with E-state index in [9.17, 15) is 9.90 Å². The van der Waals surface area contributed by atoms with Crippen LogP contribution in [-0.2, 0) is 0 Å². The number of aromatic carboxylic acids is 1. The van der Waals surface area contributed by atoms with Gasteiger partial charge in [0.25, 0.3) is 0 Å². The van der Waals surface area contributed by atoms with E-state index in [1.54, 1.807) is 48.5 Å². The SMILES string of the molecule is COc1c(C(=O)O)nn(-c2ccccc2Cl)c1-c1ccc(Cl)cc1. The first-order valence-electron chi connectivity index (χ1n) is 6.94. The number of ether oxygens (including phenoxy) is 1. The van der Waals surface area contributed by atoms with Gasteiger partial charge in [-0.1, -0.05) is 47.5 Å². The Hall–Kier alpha value is -2.50. The van der Waals surface area contributed by atoms with Crippen LogP contribution in [0, 0.1) is 0 Å². The fourth-order valence-corrected chi connectivity index (χ4v) is 2.74. The van der Waals surface area contributed by atoms with E-state index in [4.69, 9.17) is 27.9 Å². The Kier molecular flexibility index (Phi) is 4.46. The van der Waals surface area contributed by atoms with Crippen LogP contribution in [0.5, 0.6) is 5.75 Å². The number of carboxylic acids is 1. The normalized spacial score (nSPS) is 10.6. The van der Waals surface area contributed by atoms with Crippen molar-refractivity contribution in [2.45, 2.75) is 0 Å². The molecule has 0 fully saturated rings. The Bertz CT molecular complexity index is 905. The van der Waals surface area contributed by atoms with Crippen LogP contribution in [0.3, 0.4) is 0 Å². The number of para-hydroxylation sites is 1. The van der Waals surface area contributed by atoms with Gasteiger partial charge in [-0.05, 0) is 24.3 Å². The van der Waals surface area contributed by atoms with Crippen molar-refractivity contribution in [3.05, 3.63) is 64.3 Å². The largest absolute Gasteiger partial charge is 0.492 e. The first-order chi connectivity index (χ1) is 11.5. The van der Waals surface area contributed by atoms with E-state index in [1.165, 1.54) is 11.8 Å². The molecule has 1 aromatic heterocycles. The molecule has 0 bridgehead atoms. The molecule has 3 rings (SSSR count). The van der Waals surface area contributed by atoms with E-state index in [1.807, 2.05) is 0 Å². The molecule has 0 aliphatic rings. The highest BCUT2D eigenvalue weighted by Gasteiger charge is 2.26. The molecule has 0 unspecified atom stereocenters. The van der Waals surface area contributed by atoms with Crippen molar-refractivity contribution in [3.63, 3.8) is 0 Å². The Morgan fingerprint density at radius 3 is 2.38 bits per heavy atom. The van der Waals surface area contributed by atoms with Gasteiger partial charge >= 0.3 is 5.97 Å². The van der Waals surface area contributed by atoms with E-state index >= 15 is 0 Å². The van der Waals surface area contributed by atoms with Gasteiger partial charge in [-0.25, -0.2) is 9.48 Å². The van der Waals surface area contributed by atoms with Crippen LogP contribution in [0.25, 0.3) is 16.9 Å². The summed E-state index contributed by atoms with van der Waals surface area (Å²) in [6.45, 7) is 0. The van der Waals surface area contributed by atoms with Crippen molar-refractivity contribution >= 4 is 29.2 Å². The molecule has 5 nitrogen and oxygen atoms in total. The lowest BCUT2D eigenvalue weighted by Gasteiger charge is -2.10. The molecule has 0 atom stereocenters. The summed E-state index contributed by atoms with van der Waals surface area (Å²) >= 11 is 12.2. The smallest absolute Gasteiger partial charge is 0.360 e. The van der Waals surface area contributed by atoms with E-state index in [0.29, 0.717) is 27.0 Å². The van der Waals surface area contributed by atoms with Crippen molar-refractivity contribution in [2.24, 2.45) is 0 Å². The predicted molar refractivity (Wildman–Crippen MR) is 92.5 cm³/mol. The van der Waals surface area contributed by atoms with Crippen molar-refractivity contribution in [2.75, 3.05) is 7.11 Å². The molecule has 1 N–H and O–H groups in total. The number of nitrogens with zero attached hydrogens (tertiary/aromatic N) is 2. The van der Waals surface area contributed by atoms with Gasteiger partial charge in [0.15, 0.2) is 5.75 Å². The number of halogens is 2. The molecular weight excluding hydrogens is 351 g/mol. The number of rotatable bonds is 4. The molecule has 0 amide bonds. The van der Waals surface area contributed by atoms with Gasteiger partial charge in [0, 0.05) is 10.6 Å². The molecule has 0 radical (unpaired) electrons. The predicted octanol–water partition coefficient (Wildman–Crippen LogP) is 4.55. The molecule has 2 aromatic carbocycles. The average Bonchev–Trinajstić information content (AvgIpc) is 2.95. The van der Waals surface area contributed by atoms with Gasteiger partial charge in [-0.15, -0.1) is 0 Å². The van der Waals surface area contributed by atoms with Crippen LogP contribution in [0.1, 0.15) is 10.5 Å². The van der Waals surface area contributed by atoms with Gasteiger partial charge in [0.05, 0.1) is 17.8 Å². The van der Waals surface area contributed by atoms with Crippen LogP contribution < -0.4 is 4.74 Å². The molecule has 0 saturated heterocycles. The minimum Gasteiger partial charge on any atom is -0.492 e. The number of methoxy groups -OCH3 is 1. The molecule has 0 aliphatic carbocycles. The Morgan fingerprint density at radius 1 is 1.12 bits per heavy atom. The standard InChI is InChI=1S/C17H12Cl2N2O3/c1-24-16-14(17(22)23)20-21(13-5-3-2-4-12(13)19)15(16)10-6-8-11(18)9-7-10/h2-9H,1H3,(H,22,23). The van der Waals surface area contributed by atoms with Crippen molar-refractivity contribution in [1.29, 1.82) is 0 Å². The lowest BCUT2D eigenvalue weighted by Crippen LogP contribution is -2.03. The summed E-state index contributed by atoms with van der Waals surface area (Å²) in [5, 5.41) is 14.6. The van der Waals surface area contributed by atoms with Gasteiger partial charge < -0.3 is 9.84 Å². The topological polar surface area (TPSA) is 64.3 Å². The minimum atomic E-state index is -1.19. The monoisotopic (exact) mass is 362 g/mol. The highest BCUT2D eigenvalue weighted by atomic mass is 35.5. The maximum absolute atomic E-state index is 11.5. The number of benzene rings is 2. The van der Waals surface area contributed by atoms with Gasteiger partial charge in [-0.3, -0.25) is 0 Å². The first kappa shape index (κ1) is 16.4. The zero-order valence-corrected chi connectivity index (χ0v) is 14.0. The summed E-state index contributed by atoms with van der Waals surface area (Å²) in [4.78, 5) is 11.5. The highest BCUT2D eigenvalue weighted by molar-refractivity contribution is 6.32. The Balaban J connectivity index is 2.34. The fraction of sp³-hybridized carbons (Fsp3) is 0.0588. The molecule has 0 aliphatic heterocycles. The van der Waals surface area contributed by atoms with E-state index in [-0.39, 0.29) is 11.4 Å². The Labute approximate surface area is 148 Å². The summed E-state index contributed by atoms with van der Waals surface area (Å²) in [5.41, 5.74) is 1.55. The maximum atomic E-state index is 11.5. The second-order valence-corrected chi connectivity index (χ2v) is 5.75. The van der Waals surface area contributed by atoms with E-state index < -0.39 is 5.97 Å². The van der Waals surface area contributed by atoms with Crippen LogP contribution in [0.4, 0.5) is 0 Å². The number of hydrogen-bond donors (Lipinski definition) is 1. The quantitative estimate of drug-likeness (QED) is 0.739. The number of carboxylic acid groups (broad SMARTS) is 1. The lowest BCUT2D eigenvalue weighted by atomic mass is 10.1. The number of carbonyl (C=O) groups is 1. The van der Waals surface area contributed by atoms with Crippen molar-refractivity contribution < 1.29 is 14.6 Å². The zero-order valence-electron chi connectivity index (χ0n) is 12.5. The summed E-state index contributed by atoms with van der Waals surface area (Å²) in [6, 6.07) is 14.0. The zero-order chi connectivity index (χ0) is 17.3. The van der Waals surface area contributed by atoms with Crippen LogP contribution in [0.2, 0.25) is 10.0 Å². The molecule has 24 heavy (non-hydrogen) atoms. The van der Waals surface area contributed by atoms with Crippen LogP contribution in [-0.4, -0.2) is 28.0 Å². The fourth-order valence-electron chi connectivity index (χ4n) is 2.40. The highest BCUT2D eigenvalue weighted by Crippen LogP contribution is 2.37. The second-order valence-electron chi connectivity index (χ2n) is 4.91. The van der Waals surface area contributed by atoms with E-state index in [2.05, 4.69) is 5.10 Å². The minimum absolute atomic E-state index is 0.157. The third-order valence-electron chi connectivity index (χ3n) is 3.45. The van der Waals surface area contributed by atoms with Gasteiger partial charge in [0.1, 0.15) is 5.69 Å². The molecule has 0 spiro atoms. The molecule has 1 heterocycles. The Morgan fingerprint density at radius 2 is 1.79 bits per heavy atom.